The SMILES string of the molecule is CNCCC1CCN(C(C)c2ccsc2)CC1. The quantitative estimate of drug-likeness (QED) is 0.866. The topological polar surface area (TPSA) is 15.3 Å². The smallest absolute Gasteiger partial charge is 0.0328 e. The van der Waals surface area contributed by atoms with Gasteiger partial charge in [-0.05, 0) is 81.2 Å². The molecule has 1 aromatic rings. The standard InChI is InChI=1S/C14H24N2S/c1-12(14-6-10-17-11-14)16-8-4-13(5-9-16)3-7-15-2/h6,10-13,15H,3-5,7-9H2,1-2H3. The molecule has 1 atom stereocenters. The molecule has 0 bridgehead atoms. The number of piperidine rings is 1. The van der Waals surface area contributed by atoms with Gasteiger partial charge in [0, 0.05) is 6.04 Å². The molecule has 2 rings (SSSR count). The number of thiophene rings is 1. The maximum Gasteiger partial charge on any atom is 0.0328 e. The minimum absolute atomic E-state index is 0.603. The highest BCUT2D eigenvalue weighted by molar-refractivity contribution is 7.07. The van der Waals surface area contributed by atoms with E-state index in [0.29, 0.717) is 6.04 Å². The lowest BCUT2D eigenvalue weighted by atomic mass is 9.92. The molecular formula is C14H24N2S. The van der Waals surface area contributed by atoms with Crippen LogP contribution in [0.5, 0.6) is 0 Å². The minimum atomic E-state index is 0.603. The van der Waals surface area contributed by atoms with Crippen LogP contribution >= 0.6 is 11.3 Å². The van der Waals surface area contributed by atoms with Crippen molar-refractivity contribution in [3.63, 3.8) is 0 Å². The molecule has 2 nitrogen and oxygen atoms in total. The average molecular weight is 252 g/mol. The monoisotopic (exact) mass is 252 g/mol. The van der Waals surface area contributed by atoms with Gasteiger partial charge < -0.3 is 5.32 Å². The van der Waals surface area contributed by atoms with Gasteiger partial charge in [0.1, 0.15) is 0 Å². The molecule has 1 unspecified atom stereocenters. The Balaban J connectivity index is 1.79. The van der Waals surface area contributed by atoms with Crippen LogP contribution in [0.15, 0.2) is 16.8 Å². The van der Waals surface area contributed by atoms with Gasteiger partial charge in [0.2, 0.25) is 0 Å². The molecule has 0 saturated carbocycles. The van der Waals surface area contributed by atoms with Gasteiger partial charge in [0.15, 0.2) is 0 Å². The fourth-order valence-electron chi connectivity index (χ4n) is 2.70. The van der Waals surface area contributed by atoms with Crippen LogP contribution in [0.3, 0.4) is 0 Å². The van der Waals surface area contributed by atoms with Crippen molar-refractivity contribution in [2.24, 2.45) is 5.92 Å². The lowest BCUT2D eigenvalue weighted by molar-refractivity contribution is 0.138. The second-order valence-electron chi connectivity index (χ2n) is 5.10. The number of rotatable bonds is 5. The zero-order valence-corrected chi connectivity index (χ0v) is 11.8. The van der Waals surface area contributed by atoms with Crippen molar-refractivity contribution in [2.75, 3.05) is 26.7 Å². The van der Waals surface area contributed by atoms with Gasteiger partial charge >= 0.3 is 0 Å². The van der Waals surface area contributed by atoms with E-state index in [1.54, 1.807) is 0 Å². The Bertz CT molecular complexity index is 302. The van der Waals surface area contributed by atoms with E-state index in [1.807, 2.05) is 18.4 Å². The molecule has 1 aliphatic heterocycles. The number of nitrogens with zero attached hydrogens (tertiary/aromatic N) is 1. The summed E-state index contributed by atoms with van der Waals surface area (Å²) < 4.78 is 0. The third-order valence-electron chi connectivity index (χ3n) is 4.03. The van der Waals surface area contributed by atoms with Crippen LogP contribution in [0.1, 0.15) is 37.8 Å². The molecule has 3 heteroatoms. The zero-order valence-electron chi connectivity index (χ0n) is 11.0. The maximum atomic E-state index is 3.26. The molecular weight excluding hydrogens is 228 g/mol. The second-order valence-corrected chi connectivity index (χ2v) is 5.88. The van der Waals surface area contributed by atoms with E-state index in [4.69, 9.17) is 0 Å². The van der Waals surface area contributed by atoms with Gasteiger partial charge in [0.25, 0.3) is 0 Å². The van der Waals surface area contributed by atoms with E-state index in [9.17, 15) is 0 Å². The predicted molar refractivity (Wildman–Crippen MR) is 75.6 cm³/mol. The van der Waals surface area contributed by atoms with E-state index in [2.05, 4.69) is 34.0 Å². The van der Waals surface area contributed by atoms with Gasteiger partial charge in [-0.1, -0.05) is 0 Å². The van der Waals surface area contributed by atoms with E-state index >= 15 is 0 Å². The highest BCUT2D eigenvalue weighted by Crippen LogP contribution is 2.28. The first kappa shape index (κ1) is 13.1. The Kier molecular flexibility index (Phi) is 5.01. The Labute approximate surface area is 109 Å². The Morgan fingerprint density at radius 1 is 1.47 bits per heavy atom. The molecule has 0 aliphatic carbocycles. The van der Waals surface area contributed by atoms with Crippen molar-refractivity contribution in [1.29, 1.82) is 0 Å². The normalized spacial score (nSPS) is 20.6. The zero-order chi connectivity index (χ0) is 12.1. The third-order valence-corrected chi connectivity index (χ3v) is 4.73. The Morgan fingerprint density at radius 2 is 2.24 bits per heavy atom. The van der Waals surface area contributed by atoms with Crippen molar-refractivity contribution in [3.8, 4) is 0 Å². The summed E-state index contributed by atoms with van der Waals surface area (Å²) in [4.78, 5) is 2.64. The number of hydrogen-bond donors (Lipinski definition) is 1. The summed E-state index contributed by atoms with van der Waals surface area (Å²) >= 11 is 1.81. The highest BCUT2D eigenvalue weighted by atomic mass is 32.1. The molecule has 0 aromatic carbocycles. The fourth-order valence-corrected chi connectivity index (χ4v) is 3.45. The molecule has 0 radical (unpaired) electrons. The maximum absolute atomic E-state index is 3.26. The van der Waals surface area contributed by atoms with Crippen molar-refractivity contribution >= 4 is 11.3 Å². The molecule has 17 heavy (non-hydrogen) atoms. The van der Waals surface area contributed by atoms with E-state index < -0.39 is 0 Å². The number of hydrogen-bond acceptors (Lipinski definition) is 3. The summed E-state index contributed by atoms with van der Waals surface area (Å²) in [5.41, 5.74) is 1.49. The first-order valence-electron chi connectivity index (χ1n) is 6.72. The first-order chi connectivity index (χ1) is 8.31. The van der Waals surface area contributed by atoms with E-state index in [1.165, 1.54) is 44.5 Å². The molecule has 1 aromatic heterocycles. The van der Waals surface area contributed by atoms with Crippen LogP contribution in [0, 0.1) is 5.92 Å². The minimum Gasteiger partial charge on any atom is -0.320 e. The number of nitrogens with one attached hydrogen (secondary N) is 1. The van der Waals surface area contributed by atoms with Gasteiger partial charge in [0.05, 0.1) is 0 Å². The Morgan fingerprint density at radius 3 is 2.82 bits per heavy atom. The molecule has 1 aliphatic rings. The molecule has 96 valence electrons. The van der Waals surface area contributed by atoms with Crippen LogP contribution in [-0.2, 0) is 0 Å². The lowest BCUT2D eigenvalue weighted by Gasteiger charge is -2.36. The highest BCUT2D eigenvalue weighted by Gasteiger charge is 2.23. The molecule has 0 spiro atoms. The predicted octanol–water partition coefficient (Wildman–Crippen LogP) is 3.13. The largest absolute Gasteiger partial charge is 0.320 e. The van der Waals surface area contributed by atoms with E-state index in [0.717, 1.165) is 5.92 Å². The summed E-state index contributed by atoms with van der Waals surface area (Å²) in [6, 6.07) is 2.87. The fraction of sp³-hybridized carbons (Fsp3) is 0.714. The first-order valence-corrected chi connectivity index (χ1v) is 7.66. The molecule has 1 saturated heterocycles. The van der Waals surface area contributed by atoms with Crippen LogP contribution in [-0.4, -0.2) is 31.6 Å². The molecule has 1 fully saturated rings. The molecule has 1 N–H and O–H groups in total. The van der Waals surface area contributed by atoms with Gasteiger partial charge in [-0.25, -0.2) is 0 Å². The van der Waals surface area contributed by atoms with Crippen molar-refractivity contribution < 1.29 is 0 Å². The van der Waals surface area contributed by atoms with Gasteiger partial charge in [-0.2, -0.15) is 11.3 Å². The lowest BCUT2D eigenvalue weighted by Crippen LogP contribution is -2.36. The summed E-state index contributed by atoms with van der Waals surface area (Å²) in [6.07, 6.45) is 4.09. The summed E-state index contributed by atoms with van der Waals surface area (Å²) in [7, 11) is 2.05. The van der Waals surface area contributed by atoms with Crippen LogP contribution in [0.25, 0.3) is 0 Å². The average Bonchev–Trinajstić information content (AvgIpc) is 2.90. The second kappa shape index (κ2) is 6.53. The molecule has 0 amide bonds. The van der Waals surface area contributed by atoms with E-state index in [-0.39, 0.29) is 0 Å². The van der Waals surface area contributed by atoms with Crippen LogP contribution < -0.4 is 5.32 Å². The third kappa shape index (κ3) is 3.54. The Hall–Kier alpha value is -0.380. The summed E-state index contributed by atoms with van der Waals surface area (Å²) in [6.45, 7) is 6.05. The van der Waals surface area contributed by atoms with Crippen molar-refractivity contribution in [1.82, 2.24) is 10.2 Å². The summed E-state index contributed by atoms with van der Waals surface area (Å²) in [5.74, 6) is 0.938. The summed E-state index contributed by atoms with van der Waals surface area (Å²) in [5, 5.41) is 7.73. The molecule has 2 heterocycles. The van der Waals surface area contributed by atoms with Crippen molar-refractivity contribution in [2.45, 2.75) is 32.2 Å². The van der Waals surface area contributed by atoms with Gasteiger partial charge in [-0.15, -0.1) is 0 Å². The number of likely N-dealkylation sites (tertiary alicyclic amines) is 1. The van der Waals surface area contributed by atoms with Crippen molar-refractivity contribution in [3.05, 3.63) is 22.4 Å². The van der Waals surface area contributed by atoms with Crippen LogP contribution in [0.2, 0.25) is 0 Å². The van der Waals surface area contributed by atoms with Gasteiger partial charge in [-0.3, -0.25) is 4.90 Å². The van der Waals surface area contributed by atoms with Crippen LogP contribution in [0.4, 0.5) is 0 Å².